The Morgan fingerprint density at radius 1 is 1.37 bits per heavy atom. The highest BCUT2D eigenvalue weighted by Crippen LogP contribution is 2.20. The summed E-state index contributed by atoms with van der Waals surface area (Å²) in [6.07, 6.45) is 1.13. The number of hydrogen-bond acceptors (Lipinski definition) is 4. The van der Waals surface area contributed by atoms with Gasteiger partial charge in [-0.2, -0.15) is 5.26 Å². The molecule has 5 heteroatoms. The molecule has 0 aliphatic rings. The van der Waals surface area contributed by atoms with E-state index in [9.17, 15) is 4.39 Å². The molecule has 4 nitrogen and oxygen atoms in total. The maximum Gasteiger partial charge on any atom is 0.123 e. The summed E-state index contributed by atoms with van der Waals surface area (Å²) in [7, 11) is 1.63. The highest BCUT2D eigenvalue weighted by atomic mass is 19.1. The summed E-state index contributed by atoms with van der Waals surface area (Å²) in [5.41, 5.74) is 0.771. The molecule has 1 aromatic rings. The number of nitrogens with zero attached hydrogens (tertiary/aromatic N) is 1. The fourth-order valence-corrected chi connectivity index (χ4v) is 1.56. The van der Waals surface area contributed by atoms with Crippen LogP contribution in [0.25, 0.3) is 0 Å². The first-order chi connectivity index (χ1) is 9.27. The molecule has 0 aromatic heterocycles. The van der Waals surface area contributed by atoms with E-state index in [4.69, 9.17) is 14.7 Å². The standard InChI is InChI=1S/C14H19FN2O2/c1-18-9-7-17-11-12-10-13(15)4-5-14(12)19-8-3-2-6-16/h4-5,10,17H,2-3,7-9,11H2,1H3. The van der Waals surface area contributed by atoms with Gasteiger partial charge in [-0.15, -0.1) is 0 Å². The third-order valence-electron chi connectivity index (χ3n) is 2.51. The van der Waals surface area contributed by atoms with E-state index >= 15 is 0 Å². The van der Waals surface area contributed by atoms with Crippen LogP contribution in [0.3, 0.4) is 0 Å². The number of unbranched alkanes of at least 4 members (excludes halogenated alkanes) is 1. The first-order valence-corrected chi connectivity index (χ1v) is 6.25. The van der Waals surface area contributed by atoms with Gasteiger partial charge < -0.3 is 14.8 Å². The first kappa shape index (κ1) is 15.4. The van der Waals surface area contributed by atoms with Crippen LogP contribution in [-0.4, -0.2) is 26.9 Å². The van der Waals surface area contributed by atoms with Crippen molar-refractivity contribution in [1.82, 2.24) is 5.32 Å². The maximum atomic E-state index is 13.2. The Bertz CT molecular complexity index is 418. The summed E-state index contributed by atoms with van der Waals surface area (Å²) in [6, 6.07) is 6.51. The van der Waals surface area contributed by atoms with Gasteiger partial charge in [-0.25, -0.2) is 4.39 Å². The zero-order chi connectivity index (χ0) is 13.9. The van der Waals surface area contributed by atoms with Crippen molar-refractivity contribution in [3.05, 3.63) is 29.6 Å². The van der Waals surface area contributed by atoms with Crippen molar-refractivity contribution in [3.8, 4) is 11.8 Å². The second kappa shape index (κ2) is 9.31. The van der Waals surface area contributed by atoms with Crippen molar-refractivity contribution < 1.29 is 13.9 Å². The molecule has 104 valence electrons. The van der Waals surface area contributed by atoms with Crippen LogP contribution in [0, 0.1) is 17.1 Å². The summed E-state index contributed by atoms with van der Waals surface area (Å²) < 4.78 is 23.7. The highest BCUT2D eigenvalue weighted by molar-refractivity contribution is 5.33. The number of benzene rings is 1. The average Bonchev–Trinajstić information content (AvgIpc) is 2.41. The van der Waals surface area contributed by atoms with Crippen LogP contribution in [0.15, 0.2) is 18.2 Å². The third-order valence-corrected chi connectivity index (χ3v) is 2.51. The average molecular weight is 266 g/mol. The Hall–Kier alpha value is -1.64. The van der Waals surface area contributed by atoms with Gasteiger partial charge in [0.1, 0.15) is 11.6 Å². The number of hydrogen-bond donors (Lipinski definition) is 1. The molecular formula is C14H19FN2O2. The molecule has 1 aromatic carbocycles. The molecule has 0 aliphatic heterocycles. The summed E-state index contributed by atoms with van der Waals surface area (Å²) in [4.78, 5) is 0. The molecule has 0 aliphatic carbocycles. The summed E-state index contributed by atoms with van der Waals surface area (Å²) >= 11 is 0. The van der Waals surface area contributed by atoms with Gasteiger partial charge in [-0.3, -0.25) is 0 Å². The van der Waals surface area contributed by atoms with Crippen LogP contribution < -0.4 is 10.1 Å². The molecule has 0 heterocycles. The van der Waals surface area contributed by atoms with E-state index in [1.54, 1.807) is 13.2 Å². The Morgan fingerprint density at radius 3 is 2.95 bits per heavy atom. The number of halogens is 1. The Balaban J connectivity index is 2.51. The summed E-state index contributed by atoms with van der Waals surface area (Å²) in [6.45, 7) is 2.29. The minimum Gasteiger partial charge on any atom is -0.493 e. The lowest BCUT2D eigenvalue weighted by atomic mass is 10.2. The minimum absolute atomic E-state index is 0.284. The van der Waals surface area contributed by atoms with Crippen molar-refractivity contribution in [2.24, 2.45) is 0 Å². The fourth-order valence-electron chi connectivity index (χ4n) is 1.56. The van der Waals surface area contributed by atoms with Crippen molar-refractivity contribution >= 4 is 0 Å². The summed E-state index contributed by atoms with van der Waals surface area (Å²) in [5.74, 6) is 0.372. The van der Waals surface area contributed by atoms with Gasteiger partial charge >= 0.3 is 0 Å². The largest absolute Gasteiger partial charge is 0.493 e. The molecule has 0 atom stereocenters. The van der Waals surface area contributed by atoms with Gasteiger partial charge in [0, 0.05) is 32.2 Å². The Kier molecular flexibility index (Phi) is 7.56. The molecule has 19 heavy (non-hydrogen) atoms. The van der Waals surface area contributed by atoms with Crippen molar-refractivity contribution in [1.29, 1.82) is 5.26 Å². The molecule has 0 saturated carbocycles. The Morgan fingerprint density at radius 2 is 2.21 bits per heavy atom. The predicted octanol–water partition coefficient (Wildman–Crippen LogP) is 2.24. The van der Waals surface area contributed by atoms with Crippen LogP contribution >= 0.6 is 0 Å². The lowest BCUT2D eigenvalue weighted by Gasteiger charge is -2.12. The lowest BCUT2D eigenvalue weighted by Crippen LogP contribution is -2.19. The minimum atomic E-state index is -0.284. The molecule has 0 fully saturated rings. The lowest BCUT2D eigenvalue weighted by molar-refractivity contribution is 0.199. The van der Waals surface area contributed by atoms with Gasteiger partial charge in [0.25, 0.3) is 0 Å². The topological polar surface area (TPSA) is 54.3 Å². The maximum absolute atomic E-state index is 13.2. The van der Waals surface area contributed by atoms with E-state index in [1.807, 2.05) is 0 Å². The molecule has 0 radical (unpaired) electrons. The van der Waals surface area contributed by atoms with E-state index in [0.29, 0.717) is 44.9 Å². The fraction of sp³-hybridized carbons (Fsp3) is 0.500. The zero-order valence-electron chi connectivity index (χ0n) is 11.1. The highest BCUT2D eigenvalue weighted by Gasteiger charge is 2.05. The second-order valence-electron chi connectivity index (χ2n) is 4.03. The number of nitrogens with one attached hydrogen (secondary N) is 1. The first-order valence-electron chi connectivity index (χ1n) is 6.25. The molecule has 0 saturated heterocycles. The van der Waals surface area contributed by atoms with Crippen LogP contribution in [0.4, 0.5) is 4.39 Å². The number of ether oxygens (including phenoxy) is 2. The number of nitriles is 1. The number of methoxy groups -OCH3 is 1. The third kappa shape index (κ3) is 6.18. The monoisotopic (exact) mass is 266 g/mol. The van der Waals surface area contributed by atoms with E-state index in [0.717, 1.165) is 5.56 Å². The van der Waals surface area contributed by atoms with Gasteiger partial charge in [-0.05, 0) is 24.6 Å². The normalized spacial score (nSPS) is 10.2. The van der Waals surface area contributed by atoms with Gasteiger partial charge in [0.05, 0.1) is 19.3 Å². The summed E-state index contributed by atoms with van der Waals surface area (Å²) in [5, 5.41) is 11.6. The van der Waals surface area contributed by atoms with Crippen molar-refractivity contribution in [2.45, 2.75) is 19.4 Å². The van der Waals surface area contributed by atoms with Gasteiger partial charge in [0.2, 0.25) is 0 Å². The molecule has 0 bridgehead atoms. The molecule has 1 rings (SSSR count). The zero-order valence-corrected chi connectivity index (χ0v) is 11.1. The van der Waals surface area contributed by atoms with Crippen LogP contribution in [-0.2, 0) is 11.3 Å². The van der Waals surface area contributed by atoms with E-state index < -0.39 is 0 Å². The van der Waals surface area contributed by atoms with E-state index in [-0.39, 0.29) is 5.82 Å². The second-order valence-corrected chi connectivity index (χ2v) is 4.03. The van der Waals surface area contributed by atoms with E-state index in [2.05, 4.69) is 11.4 Å². The Labute approximate surface area is 113 Å². The van der Waals surface area contributed by atoms with Crippen molar-refractivity contribution in [2.75, 3.05) is 26.9 Å². The molecular weight excluding hydrogens is 247 g/mol. The van der Waals surface area contributed by atoms with Crippen LogP contribution in [0.2, 0.25) is 0 Å². The quantitative estimate of drug-likeness (QED) is 0.696. The SMILES string of the molecule is COCCNCc1cc(F)ccc1OCCCC#N. The van der Waals surface area contributed by atoms with E-state index in [1.165, 1.54) is 12.1 Å². The molecule has 0 amide bonds. The van der Waals surface area contributed by atoms with Crippen LogP contribution in [0.1, 0.15) is 18.4 Å². The van der Waals surface area contributed by atoms with Crippen molar-refractivity contribution in [3.63, 3.8) is 0 Å². The van der Waals surface area contributed by atoms with Gasteiger partial charge in [0.15, 0.2) is 0 Å². The predicted molar refractivity (Wildman–Crippen MR) is 70.3 cm³/mol. The smallest absolute Gasteiger partial charge is 0.123 e. The number of rotatable bonds is 9. The molecule has 1 N–H and O–H groups in total. The van der Waals surface area contributed by atoms with Gasteiger partial charge in [-0.1, -0.05) is 0 Å². The molecule has 0 spiro atoms. The van der Waals surface area contributed by atoms with Crippen LogP contribution in [0.5, 0.6) is 5.75 Å². The molecule has 0 unspecified atom stereocenters.